The third-order valence-corrected chi connectivity index (χ3v) is 2.49. The molecule has 0 bridgehead atoms. The van der Waals surface area contributed by atoms with Gasteiger partial charge in [-0.25, -0.2) is 4.98 Å². The van der Waals surface area contributed by atoms with Crippen molar-refractivity contribution < 1.29 is 22.4 Å². The summed E-state index contributed by atoms with van der Waals surface area (Å²) in [6.45, 7) is -5.05. The monoisotopic (exact) mass is 283 g/mol. The van der Waals surface area contributed by atoms with E-state index >= 15 is 0 Å². The first-order chi connectivity index (χ1) is 9.49. The third-order valence-electron chi connectivity index (χ3n) is 2.49. The van der Waals surface area contributed by atoms with Gasteiger partial charge in [0.2, 0.25) is 5.88 Å². The summed E-state index contributed by atoms with van der Waals surface area (Å²) >= 11 is 0. The van der Waals surface area contributed by atoms with Crippen LogP contribution in [-0.4, -0.2) is 24.1 Å². The number of hydrogen-bond acceptors (Lipinski definition) is 4. The summed E-state index contributed by atoms with van der Waals surface area (Å²) in [5.41, 5.74) is -0.242. The molecule has 20 heavy (non-hydrogen) atoms. The van der Waals surface area contributed by atoms with Gasteiger partial charge in [-0.3, -0.25) is 4.98 Å². The van der Waals surface area contributed by atoms with Gasteiger partial charge < -0.3 is 22.4 Å². The summed E-state index contributed by atoms with van der Waals surface area (Å²) in [5, 5.41) is 0. The molecule has 8 heteroatoms. The van der Waals surface area contributed by atoms with Crippen molar-refractivity contribution in [1.29, 1.82) is 0 Å². The molecule has 4 nitrogen and oxygen atoms in total. The summed E-state index contributed by atoms with van der Waals surface area (Å²) in [5.74, 6) is 0.461. The Morgan fingerprint density at radius 1 is 1.20 bits per heavy atom. The Morgan fingerprint density at radius 2 is 2.00 bits per heavy atom. The second-order valence-corrected chi connectivity index (χ2v) is 3.99. The van der Waals surface area contributed by atoms with Crippen LogP contribution in [0.1, 0.15) is 5.69 Å². The lowest BCUT2D eigenvalue weighted by atomic mass is 9.81. The molecule has 0 spiro atoms. The number of aromatic nitrogens is 2. The van der Waals surface area contributed by atoms with E-state index in [1.165, 1.54) is 13.3 Å². The van der Waals surface area contributed by atoms with Crippen molar-refractivity contribution in [3.05, 3.63) is 42.4 Å². The fourth-order valence-corrected chi connectivity index (χ4v) is 1.50. The first kappa shape index (κ1) is 14.2. The number of halogens is 3. The van der Waals surface area contributed by atoms with Crippen LogP contribution >= 0.6 is 0 Å². The SMILES string of the molecule is COc1cccc(COc2cncc([B-](F)(F)F)c2)n1. The van der Waals surface area contributed by atoms with Gasteiger partial charge in [-0.2, -0.15) is 0 Å². The number of pyridine rings is 2. The zero-order valence-corrected chi connectivity index (χ0v) is 10.6. The Balaban J connectivity index is 2.07. The molecule has 0 aliphatic heterocycles. The van der Waals surface area contributed by atoms with Gasteiger partial charge in [0.1, 0.15) is 12.4 Å². The average Bonchev–Trinajstić information content (AvgIpc) is 2.45. The molecule has 0 aliphatic carbocycles. The number of nitrogens with zero attached hydrogens (tertiary/aromatic N) is 2. The summed E-state index contributed by atoms with van der Waals surface area (Å²) in [6.07, 6.45) is 2.00. The Bertz CT molecular complexity index is 593. The molecule has 0 saturated heterocycles. The van der Waals surface area contributed by atoms with Crippen LogP contribution in [0.25, 0.3) is 0 Å². The van der Waals surface area contributed by atoms with Gasteiger partial charge >= 0.3 is 6.98 Å². The highest BCUT2D eigenvalue weighted by Crippen LogP contribution is 2.15. The van der Waals surface area contributed by atoms with E-state index < -0.39 is 12.4 Å². The number of methoxy groups -OCH3 is 1. The fraction of sp³-hybridized carbons (Fsp3) is 0.167. The van der Waals surface area contributed by atoms with Gasteiger partial charge in [0.05, 0.1) is 19.0 Å². The van der Waals surface area contributed by atoms with Gasteiger partial charge in [0.25, 0.3) is 0 Å². The van der Waals surface area contributed by atoms with E-state index in [4.69, 9.17) is 9.47 Å². The minimum atomic E-state index is -5.08. The van der Waals surface area contributed by atoms with Crippen LogP contribution < -0.4 is 14.9 Å². The van der Waals surface area contributed by atoms with E-state index in [2.05, 4.69) is 9.97 Å². The second-order valence-electron chi connectivity index (χ2n) is 3.99. The Morgan fingerprint density at radius 3 is 2.70 bits per heavy atom. The predicted molar refractivity (Wildman–Crippen MR) is 68.1 cm³/mol. The lowest BCUT2D eigenvalue weighted by molar-refractivity contribution is 0.297. The van der Waals surface area contributed by atoms with Gasteiger partial charge in [0, 0.05) is 12.3 Å². The predicted octanol–water partition coefficient (Wildman–Crippen LogP) is 2.12. The minimum absolute atomic E-state index is 0.0349. The molecule has 2 rings (SSSR count). The third kappa shape index (κ3) is 3.63. The maximum atomic E-state index is 12.6. The Labute approximate surface area is 113 Å². The van der Waals surface area contributed by atoms with Crippen molar-refractivity contribution in [2.45, 2.75) is 6.61 Å². The van der Waals surface area contributed by atoms with E-state index in [9.17, 15) is 12.9 Å². The summed E-state index contributed by atoms with van der Waals surface area (Å²) in [4.78, 5) is 7.61. The van der Waals surface area contributed by atoms with E-state index in [1.54, 1.807) is 18.2 Å². The quantitative estimate of drug-likeness (QED) is 0.788. The standard InChI is InChI=1S/C12H11BF3N2O2/c1-19-12-4-2-3-10(18-12)8-20-11-5-9(6-17-7-11)13(14,15)16/h2-7H,8H2,1H3/q-1. The van der Waals surface area contributed by atoms with Crippen LogP contribution in [0.15, 0.2) is 36.7 Å². The number of rotatable bonds is 5. The fourth-order valence-electron chi connectivity index (χ4n) is 1.50. The minimum Gasteiger partial charge on any atom is -0.486 e. The van der Waals surface area contributed by atoms with Crippen LogP contribution in [0, 0.1) is 0 Å². The van der Waals surface area contributed by atoms with Gasteiger partial charge in [0.15, 0.2) is 0 Å². The molecule has 0 amide bonds. The number of ether oxygens (including phenoxy) is 2. The average molecular weight is 283 g/mol. The maximum absolute atomic E-state index is 12.6. The molecule has 2 heterocycles. The van der Waals surface area contributed by atoms with E-state index in [1.807, 2.05) is 0 Å². The van der Waals surface area contributed by atoms with E-state index in [0.29, 0.717) is 11.6 Å². The first-order valence-electron chi connectivity index (χ1n) is 5.76. The molecule has 0 N–H and O–H groups in total. The maximum Gasteiger partial charge on any atom is 0.511 e. The molecule has 0 fully saturated rings. The smallest absolute Gasteiger partial charge is 0.486 e. The van der Waals surface area contributed by atoms with Crippen molar-refractivity contribution in [2.24, 2.45) is 0 Å². The Hall–Kier alpha value is -2.25. The van der Waals surface area contributed by atoms with E-state index in [-0.39, 0.29) is 12.4 Å². The topological polar surface area (TPSA) is 44.2 Å². The van der Waals surface area contributed by atoms with E-state index in [0.717, 1.165) is 12.3 Å². The largest absolute Gasteiger partial charge is 0.511 e. The Kier molecular flexibility index (Phi) is 4.12. The van der Waals surface area contributed by atoms with Crippen molar-refractivity contribution >= 4 is 12.4 Å². The van der Waals surface area contributed by atoms with Gasteiger partial charge in [-0.1, -0.05) is 11.5 Å². The van der Waals surface area contributed by atoms with Crippen LogP contribution in [0.3, 0.4) is 0 Å². The lowest BCUT2D eigenvalue weighted by Crippen LogP contribution is -2.34. The molecule has 0 atom stereocenters. The van der Waals surface area contributed by atoms with Crippen LogP contribution in [0.2, 0.25) is 0 Å². The van der Waals surface area contributed by atoms with Crippen LogP contribution in [-0.2, 0) is 6.61 Å². The highest BCUT2D eigenvalue weighted by atomic mass is 19.4. The summed E-state index contributed by atoms with van der Waals surface area (Å²) < 4.78 is 47.9. The molecule has 0 unspecified atom stereocenters. The van der Waals surface area contributed by atoms with Gasteiger partial charge in [-0.15, -0.1) is 0 Å². The highest BCUT2D eigenvalue weighted by Gasteiger charge is 2.26. The normalized spacial score (nSPS) is 11.2. The van der Waals surface area contributed by atoms with Crippen molar-refractivity contribution in [2.75, 3.05) is 7.11 Å². The lowest BCUT2D eigenvalue weighted by Gasteiger charge is -2.15. The van der Waals surface area contributed by atoms with Crippen molar-refractivity contribution in [3.63, 3.8) is 0 Å². The molecule has 2 aromatic heterocycles. The van der Waals surface area contributed by atoms with Crippen molar-refractivity contribution in [3.8, 4) is 11.6 Å². The summed E-state index contributed by atoms with van der Waals surface area (Å²) in [6, 6.07) is 6.00. The molecule has 106 valence electrons. The summed E-state index contributed by atoms with van der Waals surface area (Å²) in [7, 11) is 1.48. The molecule has 2 aromatic rings. The zero-order chi connectivity index (χ0) is 14.6. The zero-order valence-electron chi connectivity index (χ0n) is 10.6. The molecule has 0 saturated carbocycles. The molecule has 0 aliphatic rings. The molecular formula is C12H11BF3N2O2-. The molecule has 0 aromatic carbocycles. The number of hydrogen-bond donors (Lipinski definition) is 0. The highest BCUT2D eigenvalue weighted by molar-refractivity contribution is 6.73. The molecule has 0 radical (unpaired) electrons. The first-order valence-corrected chi connectivity index (χ1v) is 5.76. The van der Waals surface area contributed by atoms with Gasteiger partial charge in [-0.05, 0) is 12.1 Å². The second kappa shape index (κ2) is 5.81. The van der Waals surface area contributed by atoms with Crippen molar-refractivity contribution in [1.82, 2.24) is 9.97 Å². The van der Waals surface area contributed by atoms with Crippen LogP contribution in [0.4, 0.5) is 12.9 Å². The van der Waals surface area contributed by atoms with Crippen LogP contribution in [0.5, 0.6) is 11.6 Å². The molecular weight excluding hydrogens is 272 g/mol.